The van der Waals surface area contributed by atoms with E-state index in [9.17, 15) is 18.0 Å². The highest BCUT2D eigenvalue weighted by molar-refractivity contribution is 7.92. The molecular weight excluding hydrogens is 550 g/mol. The summed E-state index contributed by atoms with van der Waals surface area (Å²) in [5, 5.41) is 3.00. The Bertz CT molecular complexity index is 1460. The molecule has 0 aromatic heterocycles. The van der Waals surface area contributed by atoms with Crippen molar-refractivity contribution in [1.29, 1.82) is 0 Å². The Kier molecular flexibility index (Phi) is 11.6. The van der Waals surface area contributed by atoms with Crippen molar-refractivity contribution in [2.45, 2.75) is 77.9 Å². The number of carbonyl (C=O) groups excluding carboxylic acids is 2. The fourth-order valence-electron chi connectivity index (χ4n) is 4.62. The number of carbonyl (C=O) groups is 2. The number of anilines is 1. The lowest BCUT2D eigenvalue weighted by atomic mass is 10.1. The van der Waals surface area contributed by atoms with Gasteiger partial charge in [0.25, 0.3) is 10.0 Å². The average Bonchev–Trinajstić information content (AvgIpc) is 2.97. The normalized spacial score (nSPS) is 12.7. The first-order valence-corrected chi connectivity index (χ1v) is 15.9. The maximum Gasteiger partial charge on any atom is 0.264 e. The van der Waals surface area contributed by atoms with Crippen LogP contribution in [-0.4, -0.2) is 50.4 Å². The standard InChI is InChI=1S/C33H43N3O5S/c1-7-26(6)34-33(38)29(8-2)35(22-27-15-11-10-14-25(27)5)32(37)23-36(30-16-12-13-17-31(30)41-9-3)42(39,40)28-20-18-24(4)19-21-28/h10-21,26,29H,7-9,22-23H2,1-6H3,(H,34,38)/t26-,29+/m0/s1. The van der Waals surface area contributed by atoms with Gasteiger partial charge in [0.05, 0.1) is 17.2 Å². The molecule has 0 spiro atoms. The van der Waals surface area contributed by atoms with Gasteiger partial charge in [0.2, 0.25) is 11.8 Å². The zero-order valence-corrected chi connectivity index (χ0v) is 26.3. The van der Waals surface area contributed by atoms with E-state index >= 15 is 0 Å². The number of nitrogens with zero attached hydrogens (tertiary/aromatic N) is 2. The van der Waals surface area contributed by atoms with Crippen LogP contribution in [0.3, 0.4) is 0 Å². The SMILES string of the molecule is CCOc1ccccc1N(CC(=O)N(Cc1ccccc1C)[C@H](CC)C(=O)N[C@@H](C)CC)S(=O)(=O)c1ccc(C)cc1. The first kappa shape index (κ1) is 32.7. The van der Waals surface area contributed by atoms with Crippen molar-refractivity contribution < 1.29 is 22.7 Å². The quantitative estimate of drug-likeness (QED) is 0.262. The number of hydrogen-bond donors (Lipinski definition) is 1. The van der Waals surface area contributed by atoms with Crippen molar-refractivity contribution >= 4 is 27.5 Å². The van der Waals surface area contributed by atoms with Crippen LogP contribution in [0, 0.1) is 13.8 Å². The molecule has 2 amide bonds. The van der Waals surface area contributed by atoms with E-state index in [1.54, 1.807) is 36.4 Å². The minimum atomic E-state index is -4.19. The number of rotatable bonds is 14. The van der Waals surface area contributed by atoms with Crippen molar-refractivity contribution in [3.63, 3.8) is 0 Å². The molecule has 0 aliphatic carbocycles. The summed E-state index contributed by atoms with van der Waals surface area (Å²) in [7, 11) is -4.19. The lowest BCUT2D eigenvalue weighted by Gasteiger charge is -2.34. The Morgan fingerprint density at radius 2 is 1.52 bits per heavy atom. The fraction of sp³-hybridized carbons (Fsp3) is 0.394. The molecule has 0 fully saturated rings. The third kappa shape index (κ3) is 7.91. The monoisotopic (exact) mass is 593 g/mol. The van der Waals surface area contributed by atoms with Gasteiger partial charge in [-0.05, 0) is 75.9 Å². The molecule has 3 aromatic rings. The highest BCUT2D eigenvalue weighted by atomic mass is 32.2. The molecule has 0 bridgehead atoms. The number of sulfonamides is 1. The van der Waals surface area contributed by atoms with Crippen LogP contribution in [0.4, 0.5) is 5.69 Å². The number of ether oxygens (including phenoxy) is 1. The van der Waals surface area contributed by atoms with Crippen molar-refractivity contribution in [3.8, 4) is 5.75 Å². The van der Waals surface area contributed by atoms with E-state index in [0.717, 1.165) is 27.4 Å². The third-order valence-electron chi connectivity index (χ3n) is 7.31. The number of amides is 2. The van der Waals surface area contributed by atoms with Gasteiger partial charge in [-0.2, -0.15) is 0 Å². The van der Waals surface area contributed by atoms with Crippen molar-refractivity contribution in [2.75, 3.05) is 17.5 Å². The minimum Gasteiger partial charge on any atom is -0.492 e. The van der Waals surface area contributed by atoms with E-state index in [0.29, 0.717) is 18.8 Å². The first-order chi connectivity index (χ1) is 20.0. The maximum atomic E-state index is 14.3. The second kappa shape index (κ2) is 14.9. The van der Waals surface area contributed by atoms with Crippen LogP contribution < -0.4 is 14.4 Å². The fourth-order valence-corrected chi connectivity index (χ4v) is 6.05. The molecule has 2 atom stereocenters. The van der Waals surface area contributed by atoms with Crippen LogP contribution >= 0.6 is 0 Å². The molecule has 3 rings (SSSR count). The Balaban J connectivity index is 2.12. The summed E-state index contributed by atoms with van der Waals surface area (Å²) < 4.78 is 35.2. The Morgan fingerprint density at radius 3 is 2.14 bits per heavy atom. The van der Waals surface area contributed by atoms with E-state index < -0.39 is 28.5 Å². The number of nitrogens with one attached hydrogen (secondary N) is 1. The Hall–Kier alpha value is -3.85. The smallest absolute Gasteiger partial charge is 0.264 e. The molecule has 9 heteroatoms. The Morgan fingerprint density at radius 1 is 0.881 bits per heavy atom. The van der Waals surface area contributed by atoms with Gasteiger partial charge >= 0.3 is 0 Å². The zero-order chi connectivity index (χ0) is 30.9. The molecule has 0 aliphatic rings. The van der Waals surface area contributed by atoms with Gasteiger partial charge in [-0.3, -0.25) is 13.9 Å². The lowest BCUT2D eigenvalue weighted by Crippen LogP contribution is -2.53. The van der Waals surface area contributed by atoms with Crippen molar-refractivity contribution in [1.82, 2.24) is 10.2 Å². The lowest BCUT2D eigenvalue weighted by molar-refractivity contribution is -0.140. The van der Waals surface area contributed by atoms with Crippen molar-refractivity contribution in [2.24, 2.45) is 0 Å². The van der Waals surface area contributed by atoms with Crippen LogP contribution in [0.2, 0.25) is 0 Å². The van der Waals surface area contributed by atoms with E-state index in [-0.39, 0.29) is 29.1 Å². The molecule has 0 saturated carbocycles. The predicted octanol–water partition coefficient (Wildman–Crippen LogP) is 5.62. The molecule has 0 radical (unpaired) electrons. The van der Waals surface area contributed by atoms with Gasteiger partial charge in [0.1, 0.15) is 18.3 Å². The van der Waals surface area contributed by atoms with Gasteiger partial charge in [-0.25, -0.2) is 8.42 Å². The van der Waals surface area contributed by atoms with E-state index in [2.05, 4.69) is 5.32 Å². The molecule has 0 saturated heterocycles. The van der Waals surface area contributed by atoms with Crippen LogP contribution in [0.15, 0.2) is 77.7 Å². The van der Waals surface area contributed by atoms with Gasteiger partial charge < -0.3 is 15.0 Å². The second-order valence-electron chi connectivity index (χ2n) is 10.4. The third-order valence-corrected chi connectivity index (χ3v) is 9.08. The maximum absolute atomic E-state index is 14.3. The zero-order valence-electron chi connectivity index (χ0n) is 25.5. The predicted molar refractivity (Wildman–Crippen MR) is 167 cm³/mol. The molecule has 3 aromatic carbocycles. The first-order valence-electron chi connectivity index (χ1n) is 14.5. The number of aryl methyl sites for hydroxylation is 2. The minimum absolute atomic E-state index is 0.0548. The van der Waals surface area contributed by atoms with Crippen LogP contribution in [0.25, 0.3) is 0 Å². The number of para-hydroxylation sites is 2. The molecule has 1 N–H and O–H groups in total. The summed E-state index contributed by atoms with van der Waals surface area (Å²) in [6.45, 7) is 11.3. The summed E-state index contributed by atoms with van der Waals surface area (Å²) in [5.41, 5.74) is 3.01. The number of hydrogen-bond acceptors (Lipinski definition) is 5. The highest BCUT2D eigenvalue weighted by Crippen LogP contribution is 2.33. The topological polar surface area (TPSA) is 96.0 Å². The van der Waals surface area contributed by atoms with Gasteiger partial charge in [-0.1, -0.05) is 67.9 Å². The van der Waals surface area contributed by atoms with Crippen molar-refractivity contribution in [3.05, 3.63) is 89.5 Å². The van der Waals surface area contributed by atoms with Gasteiger partial charge in [0.15, 0.2) is 0 Å². The molecule has 226 valence electrons. The van der Waals surface area contributed by atoms with E-state index in [4.69, 9.17) is 4.74 Å². The molecule has 0 unspecified atom stereocenters. The largest absolute Gasteiger partial charge is 0.492 e. The molecule has 42 heavy (non-hydrogen) atoms. The summed E-state index contributed by atoms with van der Waals surface area (Å²) in [4.78, 5) is 29.3. The van der Waals surface area contributed by atoms with Gasteiger partial charge in [-0.15, -0.1) is 0 Å². The number of benzene rings is 3. The molecule has 0 aliphatic heterocycles. The average molecular weight is 594 g/mol. The Labute approximate surface area is 250 Å². The van der Waals surface area contributed by atoms with E-state index in [1.165, 1.54) is 17.0 Å². The summed E-state index contributed by atoms with van der Waals surface area (Å²) in [5.74, 6) is -0.418. The summed E-state index contributed by atoms with van der Waals surface area (Å²) >= 11 is 0. The molecule has 8 nitrogen and oxygen atoms in total. The van der Waals surface area contributed by atoms with Gasteiger partial charge in [0, 0.05) is 12.6 Å². The highest BCUT2D eigenvalue weighted by Gasteiger charge is 2.35. The van der Waals surface area contributed by atoms with Crippen LogP contribution in [0.1, 0.15) is 57.2 Å². The second-order valence-corrected chi connectivity index (χ2v) is 12.3. The van der Waals surface area contributed by atoms with Crippen LogP contribution in [0.5, 0.6) is 5.75 Å². The summed E-state index contributed by atoms with van der Waals surface area (Å²) in [6.07, 6.45) is 1.10. The van der Waals surface area contributed by atoms with Crippen LogP contribution in [-0.2, 0) is 26.2 Å². The van der Waals surface area contributed by atoms with E-state index in [1.807, 2.05) is 65.8 Å². The summed E-state index contributed by atoms with van der Waals surface area (Å²) in [6, 6.07) is 20.1. The molecule has 0 heterocycles. The molecular formula is C33H43N3O5S.